The van der Waals surface area contributed by atoms with Crippen molar-refractivity contribution in [2.45, 2.75) is 18.5 Å². The molecule has 0 aliphatic heterocycles. The van der Waals surface area contributed by atoms with Crippen LogP contribution in [-0.2, 0) is 29.2 Å². The highest BCUT2D eigenvalue weighted by Gasteiger charge is 2.35. The highest BCUT2D eigenvalue weighted by molar-refractivity contribution is 7.71. The number of imidazole rings is 1. The summed E-state index contributed by atoms with van der Waals surface area (Å²) in [7, 11) is -2.63. The third-order valence-corrected chi connectivity index (χ3v) is 4.60. The number of rotatable bonds is 5. The summed E-state index contributed by atoms with van der Waals surface area (Å²) in [4.78, 5) is 3.65. The van der Waals surface area contributed by atoms with Crippen molar-refractivity contribution in [3.63, 3.8) is 0 Å². The monoisotopic (exact) mass is 413 g/mol. The summed E-state index contributed by atoms with van der Waals surface area (Å²) in [5, 5.41) is 0. The zero-order valence-corrected chi connectivity index (χ0v) is 15.2. The van der Waals surface area contributed by atoms with E-state index < -0.39 is 28.4 Å². The molecular formula is C18H15F4N3O2S. The van der Waals surface area contributed by atoms with E-state index >= 15 is 0 Å². The molecule has 2 N–H and O–H groups in total. The van der Waals surface area contributed by atoms with Gasteiger partial charge in [-0.1, -0.05) is 12.1 Å². The number of thiol groups is 1. The molecule has 2 aromatic carbocycles. The van der Waals surface area contributed by atoms with Crippen LogP contribution < -0.4 is 5.73 Å². The first kappa shape index (κ1) is 20.0. The zero-order chi connectivity index (χ0) is 20.5. The molecule has 3 rings (SSSR count). The quantitative estimate of drug-likeness (QED) is 0.497. The van der Waals surface area contributed by atoms with Crippen molar-refractivity contribution < 1.29 is 26.0 Å². The Hall–Kier alpha value is -2.72. The molecule has 0 fully saturated rings. The van der Waals surface area contributed by atoms with Crippen molar-refractivity contribution in [1.29, 1.82) is 0 Å². The highest BCUT2D eigenvalue weighted by Crippen LogP contribution is 2.33. The molecule has 10 heteroatoms. The van der Waals surface area contributed by atoms with E-state index in [0.29, 0.717) is 16.8 Å². The van der Waals surface area contributed by atoms with Crippen molar-refractivity contribution in [3.8, 4) is 17.1 Å². The van der Waals surface area contributed by atoms with E-state index in [-0.39, 0.29) is 23.7 Å². The normalized spacial score (nSPS) is 11.9. The second-order valence-corrected chi connectivity index (χ2v) is 7.01. The molecule has 0 atom stereocenters. The van der Waals surface area contributed by atoms with Gasteiger partial charge in [-0.25, -0.2) is 17.8 Å². The summed E-state index contributed by atoms with van der Waals surface area (Å²) < 4.78 is 76.3. The van der Waals surface area contributed by atoms with Crippen molar-refractivity contribution >= 4 is 10.7 Å². The van der Waals surface area contributed by atoms with E-state index in [0.717, 1.165) is 12.3 Å². The van der Waals surface area contributed by atoms with Gasteiger partial charge in [-0.15, -0.1) is 0 Å². The van der Waals surface area contributed by atoms with Crippen LogP contribution in [0, 0.1) is 5.82 Å². The smallest absolute Gasteiger partial charge is 0.326 e. The number of hydrogen-bond donors (Lipinski definition) is 2. The van der Waals surface area contributed by atoms with E-state index in [1.54, 1.807) is 0 Å². The summed E-state index contributed by atoms with van der Waals surface area (Å²) in [6.45, 7) is 0.0136. The molecule has 1 heterocycles. The van der Waals surface area contributed by atoms with Gasteiger partial charge >= 0.3 is 6.18 Å². The van der Waals surface area contributed by atoms with Crippen molar-refractivity contribution in [1.82, 2.24) is 9.55 Å². The van der Waals surface area contributed by atoms with Gasteiger partial charge in [0, 0.05) is 24.0 Å². The van der Waals surface area contributed by atoms with Gasteiger partial charge in [0.2, 0.25) is 0 Å². The van der Waals surface area contributed by atoms with Gasteiger partial charge in [-0.2, -0.15) is 13.2 Å². The summed E-state index contributed by atoms with van der Waals surface area (Å²) in [6.07, 6.45) is -3.88. The summed E-state index contributed by atoms with van der Waals surface area (Å²) >= 11 is 0. The molecule has 0 amide bonds. The molecule has 0 saturated carbocycles. The molecule has 5 nitrogen and oxygen atoms in total. The minimum Gasteiger partial charge on any atom is -0.326 e. The number of nitrogens with two attached hydrogens (primary N) is 1. The lowest BCUT2D eigenvalue weighted by atomic mass is 10.1. The maximum Gasteiger partial charge on any atom is 0.434 e. The number of benzene rings is 2. The second-order valence-electron chi connectivity index (χ2n) is 6.03. The van der Waals surface area contributed by atoms with Crippen LogP contribution in [0.15, 0.2) is 48.7 Å². The second kappa shape index (κ2) is 7.72. The van der Waals surface area contributed by atoms with E-state index in [4.69, 9.17) is 5.73 Å². The van der Waals surface area contributed by atoms with Gasteiger partial charge in [-0.05, 0) is 41.5 Å². The molecule has 148 valence electrons. The molecule has 1 aromatic heterocycles. The molecule has 0 aliphatic carbocycles. The molecular weight excluding hydrogens is 398 g/mol. The Morgan fingerprint density at radius 1 is 1.04 bits per heavy atom. The lowest BCUT2D eigenvalue weighted by Gasteiger charge is -2.10. The summed E-state index contributed by atoms with van der Waals surface area (Å²) in [5.41, 5.74) is 5.76. The first-order valence-corrected chi connectivity index (χ1v) is 9.41. The number of halogens is 4. The van der Waals surface area contributed by atoms with E-state index in [9.17, 15) is 26.0 Å². The van der Waals surface area contributed by atoms with Gasteiger partial charge in [0.05, 0.1) is 5.75 Å². The molecule has 3 aromatic rings. The Kier molecular flexibility index (Phi) is 5.52. The molecule has 0 aliphatic rings. The van der Waals surface area contributed by atoms with Gasteiger partial charge < -0.3 is 5.73 Å². The average Bonchev–Trinajstić information content (AvgIpc) is 3.07. The van der Waals surface area contributed by atoms with Crippen molar-refractivity contribution in [2.24, 2.45) is 5.73 Å². The fourth-order valence-electron chi connectivity index (χ4n) is 2.73. The largest absolute Gasteiger partial charge is 0.434 e. The van der Waals surface area contributed by atoms with Crippen LogP contribution in [-0.4, -0.2) is 18.0 Å². The Balaban J connectivity index is 2.15. The van der Waals surface area contributed by atoms with Gasteiger partial charge in [-0.3, -0.25) is 4.57 Å². The molecule has 28 heavy (non-hydrogen) atoms. The number of nitrogens with zero attached hydrogens (tertiary/aromatic N) is 2. The number of hydrogen-bond acceptors (Lipinski definition) is 4. The lowest BCUT2D eigenvalue weighted by molar-refractivity contribution is -0.140. The van der Waals surface area contributed by atoms with Crippen LogP contribution in [0.4, 0.5) is 17.6 Å². The third kappa shape index (κ3) is 4.39. The van der Waals surface area contributed by atoms with E-state index in [1.807, 2.05) is 0 Å². The van der Waals surface area contributed by atoms with Gasteiger partial charge in [0.25, 0.3) is 0 Å². The fourth-order valence-corrected chi connectivity index (χ4v) is 3.23. The maximum absolute atomic E-state index is 13.9. The van der Waals surface area contributed by atoms with Crippen LogP contribution in [0.5, 0.6) is 0 Å². The SMILES string of the molecule is NCc1cc(F)cc(-c2nc(C(F)(F)F)cn2-c2ccc(C[SH](=O)=O)cc2)c1. The third-order valence-electron chi connectivity index (χ3n) is 3.97. The predicted molar refractivity (Wildman–Crippen MR) is 95.9 cm³/mol. The fraction of sp³-hybridized carbons (Fsp3) is 0.167. The Morgan fingerprint density at radius 2 is 1.71 bits per heavy atom. The van der Waals surface area contributed by atoms with Crippen LogP contribution in [0.2, 0.25) is 0 Å². The van der Waals surface area contributed by atoms with Crippen LogP contribution in [0.1, 0.15) is 16.8 Å². The molecule has 0 saturated heterocycles. The minimum absolute atomic E-state index is 0.0136. The van der Waals surface area contributed by atoms with Crippen LogP contribution in [0.3, 0.4) is 0 Å². The first-order valence-electron chi connectivity index (χ1n) is 8.05. The first-order chi connectivity index (χ1) is 13.2. The van der Waals surface area contributed by atoms with E-state index in [1.165, 1.54) is 41.0 Å². The molecule has 0 radical (unpaired) electrons. The minimum atomic E-state index is -4.69. The van der Waals surface area contributed by atoms with E-state index in [2.05, 4.69) is 4.98 Å². The predicted octanol–water partition coefficient (Wildman–Crippen LogP) is 3.27. The Labute approximate surface area is 159 Å². The Bertz CT molecular complexity index is 1070. The molecule has 0 bridgehead atoms. The van der Waals surface area contributed by atoms with Crippen molar-refractivity contribution in [2.75, 3.05) is 0 Å². The Morgan fingerprint density at radius 3 is 2.29 bits per heavy atom. The summed E-state index contributed by atoms with van der Waals surface area (Å²) in [5.74, 6) is -0.927. The van der Waals surface area contributed by atoms with Crippen molar-refractivity contribution in [3.05, 3.63) is 71.3 Å². The van der Waals surface area contributed by atoms with Gasteiger partial charge in [0.1, 0.15) is 22.3 Å². The molecule has 0 unspecified atom stereocenters. The summed E-state index contributed by atoms with van der Waals surface area (Å²) in [6, 6.07) is 9.68. The van der Waals surface area contributed by atoms with Crippen LogP contribution in [0.25, 0.3) is 17.1 Å². The van der Waals surface area contributed by atoms with Gasteiger partial charge in [0.15, 0.2) is 5.69 Å². The number of aromatic nitrogens is 2. The standard InChI is InChI=1S/C18H15F4N3O2S/c19-14-6-12(8-23)5-13(7-14)17-24-16(18(20,21)22)9-25(17)15-3-1-11(2-4-15)10-28(26)27/h1-7,9,28H,8,10,23H2. The molecule has 0 spiro atoms. The average molecular weight is 413 g/mol. The highest BCUT2D eigenvalue weighted by atomic mass is 32.2. The lowest BCUT2D eigenvalue weighted by Crippen LogP contribution is -2.05. The zero-order valence-electron chi connectivity index (χ0n) is 14.3. The topological polar surface area (TPSA) is 78.0 Å². The van der Waals surface area contributed by atoms with Crippen LogP contribution >= 0.6 is 0 Å². The maximum atomic E-state index is 13.9. The number of alkyl halides is 3.